The molecule has 2 aliphatic heterocycles. The minimum absolute atomic E-state index is 0.0762. The van der Waals surface area contributed by atoms with Crippen molar-refractivity contribution in [1.82, 2.24) is 25.7 Å². The first kappa shape index (κ1) is 24.4. The summed E-state index contributed by atoms with van der Waals surface area (Å²) in [5.74, 6) is -0.388. The summed E-state index contributed by atoms with van der Waals surface area (Å²) in [4.78, 5) is 51.8. The number of likely N-dealkylation sites (tertiary alicyclic amines) is 1. The largest absolute Gasteiger partial charge is 0.339 e. The first-order chi connectivity index (χ1) is 17.8. The number of aromatic amines is 1. The van der Waals surface area contributed by atoms with E-state index in [1.807, 2.05) is 49.1 Å². The molecule has 190 valence electrons. The first-order valence-electron chi connectivity index (χ1n) is 12.5. The van der Waals surface area contributed by atoms with Crippen molar-refractivity contribution in [2.24, 2.45) is 0 Å². The van der Waals surface area contributed by atoms with Crippen molar-refractivity contribution in [3.63, 3.8) is 0 Å². The minimum Gasteiger partial charge on any atom is -0.339 e. The van der Waals surface area contributed by atoms with Crippen molar-refractivity contribution in [2.45, 2.75) is 44.6 Å². The summed E-state index contributed by atoms with van der Waals surface area (Å²) in [6.07, 6.45) is 1.90. The fourth-order valence-corrected chi connectivity index (χ4v) is 5.13. The van der Waals surface area contributed by atoms with Gasteiger partial charge in [0, 0.05) is 30.1 Å². The van der Waals surface area contributed by atoms with E-state index >= 15 is 0 Å². The number of urea groups is 1. The van der Waals surface area contributed by atoms with Crippen LogP contribution in [0.15, 0.2) is 54.6 Å². The molecular weight excluding hydrogens is 470 g/mol. The summed E-state index contributed by atoms with van der Waals surface area (Å²) in [7, 11) is 0. The van der Waals surface area contributed by atoms with Crippen LogP contribution in [0.25, 0.3) is 0 Å². The van der Waals surface area contributed by atoms with Crippen molar-refractivity contribution in [3.8, 4) is 0 Å². The molecule has 0 aliphatic carbocycles. The molecule has 2 aliphatic rings. The zero-order chi connectivity index (χ0) is 26.2. The van der Waals surface area contributed by atoms with Crippen LogP contribution >= 0.6 is 0 Å². The van der Waals surface area contributed by atoms with Crippen LogP contribution in [0, 0.1) is 6.92 Å². The maximum atomic E-state index is 13.1. The zero-order valence-electron chi connectivity index (χ0n) is 20.8. The number of carbonyl (C=O) groups excluding carboxylic acids is 4. The highest BCUT2D eigenvalue weighted by Gasteiger charge is 2.46. The number of amides is 4. The molecule has 3 aromatic rings. The highest BCUT2D eigenvalue weighted by molar-refractivity contribution is 6.08. The Bertz CT molecular complexity index is 1350. The van der Waals surface area contributed by atoms with Crippen molar-refractivity contribution in [1.29, 1.82) is 0 Å². The minimum atomic E-state index is -1.11. The second kappa shape index (κ2) is 9.65. The Morgan fingerprint density at radius 2 is 1.65 bits per heavy atom. The average Bonchev–Trinajstić information content (AvgIpc) is 3.53. The topological polar surface area (TPSA) is 124 Å². The Hall–Kier alpha value is -4.27. The molecule has 0 saturated carbocycles. The van der Waals surface area contributed by atoms with E-state index in [1.165, 1.54) is 0 Å². The van der Waals surface area contributed by atoms with Gasteiger partial charge in [-0.15, -0.1) is 0 Å². The van der Waals surface area contributed by atoms with Gasteiger partial charge in [0.05, 0.1) is 5.69 Å². The molecule has 2 saturated heterocycles. The number of piperidine rings is 1. The number of H-pyrrole nitrogens is 1. The highest BCUT2D eigenvalue weighted by atomic mass is 16.2. The molecule has 1 aromatic heterocycles. The van der Waals surface area contributed by atoms with Crippen molar-refractivity contribution in [2.75, 3.05) is 13.1 Å². The van der Waals surface area contributed by atoms with Gasteiger partial charge in [-0.1, -0.05) is 48.9 Å². The molecule has 3 heterocycles. The lowest BCUT2D eigenvalue weighted by Crippen LogP contribution is -2.43. The molecule has 37 heavy (non-hydrogen) atoms. The van der Waals surface area contributed by atoms with Gasteiger partial charge in [-0.25, -0.2) is 4.79 Å². The van der Waals surface area contributed by atoms with Crippen LogP contribution in [0.1, 0.15) is 75.3 Å². The highest BCUT2D eigenvalue weighted by Crippen LogP contribution is 2.30. The fraction of sp³-hybridized carbons (Fsp3) is 0.321. The second-order valence-corrected chi connectivity index (χ2v) is 9.71. The number of aromatic nitrogens is 2. The molecule has 9 heteroatoms. The Balaban J connectivity index is 1.21. The molecule has 0 radical (unpaired) electrons. The molecule has 4 amide bonds. The number of benzene rings is 2. The van der Waals surface area contributed by atoms with Crippen LogP contribution in [0.3, 0.4) is 0 Å². The number of imide groups is 1. The van der Waals surface area contributed by atoms with Crippen LogP contribution < -0.4 is 10.6 Å². The summed E-state index contributed by atoms with van der Waals surface area (Å²) in [6, 6.07) is 15.6. The van der Waals surface area contributed by atoms with Crippen molar-refractivity contribution >= 4 is 23.6 Å². The number of carbonyl (C=O) groups is 4. The Labute approximate surface area is 214 Å². The lowest BCUT2D eigenvalue weighted by atomic mass is 9.87. The molecule has 1 atom stereocenters. The third-order valence-corrected chi connectivity index (χ3v) is 7.45. The molecule has 5 rings (SSSR count). The summed E-state index contributed by atoms with van der Waals surface area (Å²) < 4.78 is 0. The van der Waals surface area contributed by atoms with Crippen molar-refractivity contribution in [3.05, 3.63) is 88.2 Å². The monoisotopic (exact) mass is 499 g/mol. The van der Waals surface area contributed by atoms with Crippen LogP contribution in [0.2, 0.25) is 0 Å². The number of ketones is 1. The summed E-state index contributed by atoms with van der Waals surface area (Å²) in [5.41, 5.74) is 3.09. The molecule has 0 bridgehead atoms. The summed E-state index contributed by atoms with van der Waals surface area (Å²) in [6.45, 7) is 4.97. The van der Waals surface area contributed by atoms with Crippen LogP contribution in [-0.4, -0.2) is 51.8 Å². The van der Waals surface area contributed by atoms with Gasteiger partial charge in [0.15, 0.2) is 0 Å². The van der Waals surface area contributed by atoms with E-state index in [0.717, 1.165) is 24.1 Å². The predicted molar refractivity (Wildman–Crippen MR) is 136 cm³/mol. The number of hydrogen-bond donors (Lipinski definition) is 3. The van der Waals surface area contributed by atoms with Gasteiger partial charge in [-0.3, -0.25) is 24.8 Å². The van der Waals surface area contributed by atoms with Gasteiger partial charge in [-0.2, -0.15) is 5.10 Å². The maximum absolute atomic E-state index is 13.1. The smallest absolute Gasteiger partial charge is 0.322 e. The van der Waals surface area contributed by atoms with E-state index in [2.05, 4.69) is 20.8 Å². The van der Waals surface area contributed by atoms with E-state index in [9.17, 15) is 19.2 Å². The number of hydrogen-bond acceptors (Lipinski definition) is 5. The van der Waals surface area contributed by atoms with E-state index in [4.69, 9.17) is 0 Å². The average molecular weight is 500 g/mol. The molecule has 3 N–H and O–H groups in total. The van der Waals surface area contributed by atoms with Gasteiger partial charge < -0.3 is 10.2 Å². The van der Waals surface area contributed by atoms with E-state index in [0.29, 0.717) is 41.9 Å². The van der Waals surface area contributed by atoms with Crippen LogP contribution in [-0.2, 0) is 10.3 Å². The van der Waals surface area contributed by atoms with Crippen LogP contribution in [0.4, 0.5) is 4.79 Å². The zero-order valence-corrected chi connectivity index (χ0v) is 20.8. The second-order valence-electron chi connectivity index (χ2n) is 9.71. The Kier molecular flexibility index (Phi) is 6.37. The van der Waals surface area contributed by atoms with Gasteiger partial charge in [0.25, 0.3) is 11.8 Å². The molecular formula is C28H29N5O4. The molecule has 2 aromatic carbocycles. The molecule has 2 fully saturated rings. The SMILES string of the molecule is CCC1(c2ccc(C(=O)N3CCC(c4cc(C(=O)c5ccc(C)cc5)[nH]n4)CC3)cc2)NC(=O)NC1=O. The molecule has 9 nitrogen and oxygen atoms in total. The lowest BCUT2D eigenvalue weighted by molar-refractivity contribution is -0.124. The van der Waals surface area contributed by atoms with Gasteiger partial charge >= 0.3 is 6.03 Å². The number of aryl methyl sites for hydroxylation is 1. The number of nitrogens with zero attached hydrogens (tertiary/aromatic N) is 2. The normalized spacial score (nSPS) is 20.0. The Morgan fingerprint density at radius 3 is 2.24 bits per heavy atom. The molecule has 0 spiro atoms. The van der Waals surface area contributed by atoms with Crippen molar-refractivity contribution < 1.29 is 19.2 Å². The maximum Gasteiger partial charge on any atom is 0.322 e. The third-order valence-electron chi connectivity index (χ3n) is 7.45. The fourth-order valence-electron chi connectivity index (χ4n) is 5.13. The first-order valence-corrected chi connectivity index (χ1v) is 12.5. The van der Waals surface area contributed by atoms with Gasteiger partial charge in [0.2, 0.25) is 5.78 Å². The van der Waals surface area contributed by atoms with E-state index in [-0.39, 0.29) is 23.5 Å². The summed E-state index contributed by atoms with van der Waals surface area (Å²) >= 11 is 0. The number of nitrogens with one attached hydrogen (secondary N) is 3. The standard InChI is InChI=1S/C28H29N5O4/c1-3-28(26(36)29-27(37)30-28)21-10-8-20(9-11-21)25(35)33-14-12-18(13-15-33)22-16-23(32-31-22)24(34)19-6-4-17(2)5-7-19/h4-11,16,18H,3,12-15H2,1-2H3,(H,31,32)(H2,29,30,36,37). The lowest BCUT2D eigenvalue weighted by Gasteiger charge is -2.31. The predicted octanol–water partition coefficient (Wildman–Crippen LogP) is 3.41. The quantitative estimate of drug-likeness (QED) is 0.354. The van der Waals surface area contributed by atoms with E-state index in [1.54, 1.807) is 24.3 Å². The number of rotatable bonds is 6. The summed E-state index contributed by atoms with van der Waals surface area (Å²) in [5, 5.41) is 12.3. The van der Waals surface area contributed by atoms with Crippen LogP contribution in [0.5, 0.6) is 0 Å². The molecule has 1 unspecified atom stereocenters. The van der Waals surface area contributed by atoms with E-state index < -0.39 is 11.6 Å². The third kappa shape index (κ3) is 4.52. The Morgan fingerprint density at radius 1 is 1.00 bits per heavy atom. The van der Waals surface area contributed by atoms with Gasteiger partial charge in [0.1, 0.15) is 11.2 Å². The van der Waals surface area contributed by atoms with Gasteiger partial charge in [-0.05, 0) is 49.9 Å².